The first kappa shape index (κ1) is 5.82. The van der Waals surface area contributed by atoms with E-state index in [1.54, 1.807) is 0 Å². The smallest absolute Gasteiger partial charge is 0.191 e. The van der Waals surface area contributed by atoms with Crippen LogP contribution in [0.2, 0.25) is 0 Å². The van der Waals surface area contributed by atoms with Crippen LogP contribution in [0.1, 0.15) is 6.92 Å². The van der Waals surface area contributed by atoms with E-state index in [4.69, 9.17) is 0 Å². The quantitative estimate of drug-likeness (QED) is 0.186. The normalized spacial score (nSPS) is 46.3. The molecule has 1 aliphatic heterocycles. The Morgan fingerprint density at radius 3 is 1.57 bits per heavy atom. The monoisotopic (exact) mass is 212 g/mol. The Bertz CT molecular complexity index is 80.1. The molecule has 7 heavy (non-hydrogen) atoms. The van der Waals surface area contributed by atoms with Crippen LogP contribution in [0.15, 0.2) is 0 Å². The maximum Gasteiger partial charge on any atom is 0.191 e. The van der Waals surface area contributed by atoms with Gasteiger partial charge >= 0.3 is 0 Å². The third-order valence-corrected chi connectivity index (χ3v) is 4.47. The van der Waals surface area contributed by atoms with Crippen molar-refractivity contribution >= 4 is 22.6 Å². The van der Waals surface area contributed by atoms with Crippen molar-refractivity contribution in [1.82, 2.24) is 0 Å². The van der Waals surface area contributed by atoms with E-state index in [-0.39, 0.29) is 0 Å². The second-order valence-corrected chi connectivity index (χ2v) is 4.02. The summed E-state index contributed by atoms with van der Waals surface area (Å²) in [6.45, 7) is 2.29. The average molecular weight is 212 g/mol. The lowest BCUT2D eigenvalue weighted by Gasteiger charge is -2.01. The fourth-order valence-corrected chi connectivity index (χ4v) is 1.87. The van der Waals surface area contributed by atoms with Gasteiger partial charge in [0.15, 0.2) is 4.05 Å². The van der Waals surface area contributed by atoms with Crippen LogP contribution in [-0.4, -0.2) is 28.7 Å². The molecular weight excluding hydrogens is 201 g/mol. The second kappa shape index (κ2) is 1.35. The number of rotatable bonds is 0. The molecule has 0 N–H and O–H groups in total. The van der Waals surface area contributed by atoms with Gasteiger partial charge in [0.1, 0.15) is 6.04 Å². The van der Waals surface area contributed by atoms with Gasteiger partial charge in [-0.3, -0.25) is 0 Å². The molecule has 0 amide bonds. The highest BCUT2D eigenvalue weighted by Crippen LogP contribution is 2.39. The molecule has 42 valence electrons. The summed E-state index contributed by atoms with van der Waals surface area (Å²) < 4.78 is 2.08. The molecule has 0 aromatic rings. The summed E-state index contributed by atoms with van der Waals surface area (Å²) in [5.74, 6) is 0. The van der Waals surface area contributed by atoms with Gasteiger partial charge in [-0.1, -0.05) is 0 Å². The maximum atomic E-state index is 2.50. The summed E-state index contributed by atoms with van der Waals surface area (Å²) in [5.41, 5.74) is 0. The molecule has 0 aromatic carbocycles. The zero-order valence-corrected chi connectivity index (χ0v) is 7.14. The Morgan fingerprint density at radius 2 is 1.57 bits per heavy atom. The van der Waals surface area contributed by atoms with Crippen molar-refractivity contribution in [3.05, 3.63) is 0 Å². The molecule has 2 atom stereocenters. The molecule has 1 rings (SSSR count). The summed E-state index contributed by atoms with van der Waals surface area (Å²) in [5, 5.41) is 0. The Kier molecular flexibility index (Phi) is 1.12. The van der Waals surface area contributed by atoms with Gasteiger partial charge in [-0.15, -0.1) is 0 Å². The van der Waals surface area contributed by atoms with Crippen LogP contribution in [0.4, 0.5) is 0 Å². The topological polar surface area (TPSA) is 0 Å². The van der Waals surface area contributed by atoms with Gasteiger partial charge in [-0.05, 0) is 29.5 Å². The maximum absolute atomic E-state index is 2.50. The fourth-order valence-electron chi connectivity index (χ4n) is 0.719. The predicted molar refractivity (Wildman–Crippen MR) is 39.4 cm³/mol. The van der Waals surface area contributed by atoms with E-state index in [1.165, 1.54) is 4.48 Å². The van der Waals surface area contributed by atoms with Gasteiger partial charge in [0.2, 0.25) is 0 Å². The molecule has 1 saturated heterocycles. The molecule has 0 bridgehead atoms. The summed E-state index contributed by atoms with van der Waals surface area (Å²) in [7, 11) is 4.53. The zero-order chi connectivity index (χ0) is 5.65. The largest absolute Gasteiger partial charge is 0.305 e. The first-order chi connectivity index (χ1) is 3.07. The number of nitrogens with zero attached hydrogens (tertiary/aromatic N) is 1. The number of quaternary nitrogens is 1. The third-order valence-electron chi connectivity index (χ3n) is 1.99. The zero-order valence-electron chi connectivity index (χ0n) is 4.98. The van der Waals surface area contributed by atoms with Crippen molar-refractivity contribution in [1.29, 1.82) is 0 Å². The van der Waals surface area contributed by atoms with Crippen molar-refractivity contribution in [3.63, 3.8) is 0 Å². The minimum absolute atomic E-state index is 0.873. The van der Waals surface area contributed by atoms with E-state index >= 15 is 0 Å². The van der Waals surface area contributed by atoms with Crippen LogP contribution in [0.3, 0.4) is 0 Å². The number of alkyl halides is 1. The molecule has 0 aromatic heterocycles. The van der Waals surface area contributed by atoms with Gasteiger partial charge < -0.3 is 4.48 Å². The Hall–Kier alpha value is 0.690. The molecule has 0 spiro atoms. The van der Waals surface area contributed by atoms with E-state index in [0.29, 0.717) is 0 Å². The van der Waals surface area contributed by atoms with Crippen LogP contribution < -0.4 is 0 Å². The molecule has 1 fully saturated rings. The van der Waals surface area contributed by atoms with E-state index in [1.807, 2.05) is 0 Å². The summed E-state index contributed by atoms with van der Waals surface area (Å²) in [4.78, 5) is 0. The number of hydrogen-bond acceptors (Lipinski definition) is 0. The lowest BCUT2D eigenvalue weighted by Crippen LogP contribution is -2.15. The number of halogens is 1. The van der Waals surface area contributed by atoms with Crippen molar-refractivity contribution in [2.24, 2.45) is 0 Å². The van der Waals surface area contributed by atoms with Crippen LogP contribution in [0, 0.1) is 0 Å². The van der Waals surface area contributed by atoms with Crippen LogP contribution in [0.25, 0.3) is 0 Å². The van der Waals surface area contributed by atoms with Gasteiger partial charge in [-0.2, -0.15) is 0 Å². The molecular formula is C5H11IN+. The van der Waals surface area contributed by atoms with E-state index in [0.717, 1.165) is 10.1 Å². The van der Waals surface area contributed by atoms with Gasteiger partial charge in [0, 0.05) is 0 Å². The summed E-state index contributed by atoms with van der Waals surface area (Å²) in [6, 6.07) is 0.889. The highest BCUT2D eigenvalue weighted by Gasteiger charge is 2.55. The van der Waals surface area contributed by atoms with Gasteiger partial charge in [-0.25, -0.2) is 0 Å². The SMILES string of the molecule is CC1C(I)[N+]1(C)C. The molecule has 0 radical (unpaired) electrons. The molecule has 2 heteroatoms. The van der Waals surface area contributed by atoms with E-state index in [2.05, 4.69) is 43.6 Å². The number of hydrogen-bond donors (Lipinski definition) is 0. The van der Waals surface area contributed by atoms with Crippen LogP contribution >= 0.6 is 22.6 Å². The Balaban J connectivity index is 2.52. The van der Waals surface area contributed by atoms with Crippen molar-refractivity contribution < 1.29 is 4.48 Å². The Labute approximate surface area is 58.4 Å². The van der Waals surface area contributed by atoms with Crippen molar-refractivity contribution in [3.8, 4) is 0 Å². The molecule has 0 saturated carbocycles. The molecule has 1 aliphatic rings. The van der Waals surface area contributed by atoms with Gasteiger partial charge in [0.05, 0.1) is 14.1 Å². The van der Waals surface area contributed by atoms with Gasteiger partial charge in [0.25, 0.3) is 0 Å². The predicted octanol–water partition coefficient (Wildman–Crippen LogP) is 1.23. The lowest BCUT2D eigenvalue weighted by atomic mass is 10.6. The van der Waals surface area contributed by atoms with Crippen LogP contribution in [-0.2, 0) is 0 Å². The lowest BCUT2D eigenvalue weighted by molar-refractivity contribution is -0.771. The minimum atomic E-state index is 0.873. The first-order valence-electron chi connectivity index (χ1n) is 2.54. The minimum Gasteiger partial charge on any atom is -0.305 e. The molecule has 1 nitrogen and oxygen atoms in total. The third kappa shape index (κ3) is 0.682. The summed E-state index contributed by atoms with van der Waals surface area (Å²) in [6.07, 6.45) is 0. The van der Waals surface area contributed by atoms with E-state index in [9.17, 15) is 0 Å². The molecule has 0 aliphatic carbocycles. The number of likely N-dealkylation sites (N-methyl/N-ethyl adjacent to an activating group) is 1. The highest BCUT2D eigenvalue weighted by atomic mass is 127. The fraction of sp³-hybridized carbons (Fsp3) is 1.00. The first-order valence-corrected chi connectivity index (χ1v) is 3.79. The molecule has 1 heterocycles. The highest BCUT2D eigenvalue weighted by molar-refractivity contribution is 14.1. The average Bonchev–Trinajstić information content (AvgIpc) is 1.91. The standard InChI is InChI=1S/C5H11IN/c1-4-5(6)7(4,2)3/h4-5H,1-3H3/q+1. The molecule has 2 unspecified atom stereocenters. The van der Waals surface area contributed by atoms with Crippen LogP contribution in [0.5, 0.6) is 0 Å². The Morgan fingerprint density at radius 1 is 1.43 bits per heavy atom. The summed E-state index contributed by atoms with van der Waals surface area (Å²) >= 11 is 2.50. The van der Waals surface area contributed by atoms with E-state index < -0.39 is 0 Å². The van der Waals surface area contributed by atoms with Crippen molar-refractivity contribution in [2.45, 2.75) is 17.0 Å². The second-order valence-electron chi connectivity index (χ2n) is 2.74. The van der Waals surface area contributed by atoms with Crippen molar-refractivity contribution in [2.75, 3.05) is 14.1 Å².